The molecule has 0 saturated carbocycles. The number of carbonyl (C=O) groups is 1. The monoisotopic (exact) mass is 252 g/mol. The van der Waals surface area contributed by atoms with Crippen molar-refractivity contribution in [3.8, 4) is 0 Å². The Bertz CT molecular complexity index is 407. The Morgan fingerprint density at radius 2 is 2.17 bits per heavy atom. The third-order valence-electron chi connectivity index (χ3n) is 2.97. The molecular weight excluding hydrogens is 231 g/mol. The van der Waals surface area contributed by atoms with Crippen molar-refractivity contribution >= 4 is 11.6 Å². The van der Waals surface area contributed by atoms with Crippen LogP contribution in [0.5, 0.6) is 0 Å². The molecule has 0 saturated heterocycles. The summed E-state index contributed by atoms with van der Waals surface area (Å²) in [6, 6.07) is 4.57. The Balaban J connectivity index is 2.42. The fourth-order valence-corrected chi connectivity index (χ4v) is 1.75. The summed E-state index contributed by atoms with van der Waals surface area (Å²) < 4.78 is 13.1. The van der Waals surface area contributed by atoms with Crippen molar-refractivity contribution in [2.45, 2.75) is 33.1 Å². The van der Waals surface area contributed by atoms with Gasteiger partial charge < -0.3 is 11.1 Å². The van der Waals surface area contributed by atoms with Gasteiger partial charge in [-0.3, -0.25) is 4.79 Å². The highest BCUT2D eigenvalue weighted by Gasteiger charge is 2.07. The Kier molecular flexibility index (Phi) is 5.78. The van der Waals surface area contributed by atoms with E-state index in [9.17, 15) is 9.18 Å². The zero-order valence-corrected chi connectivity index (χ0v) is 11.0. The highest BCUT2D eigenvalue weighted by Crippen LogP contribution is 2.15. The lowest BCUT2D eigenvalue weighted by Gasteiger charge is -2.10. The van der Waals surface area contributed by atoms with Crippen LogP contribution in [0.2, 0.25) is 0 Å². The first-order valence-electron chi connectivity index (χ1n) is 6.29. The molecule has 0 aliphatic carbocycles. The molecule has 0 aromatic heterocycles. The molecule has 1 aromatic carbocycles. The number of aryl methyl sites for hydroxylation is 1. The van der Waals surface area contributed by atoms with Crippen LogP contribution in [0.25, 0.3) is 0 Å². The van der Waals surface area contributed by atoms with E-state index in [1.54, 1.807) is 19.1 Å². The van der Waals surface area contributed by atoms with Crippen molar-refractivity contribution in [3.05, 3.63) is 29.6 Å². The van der Waals surface area contributed by atoms with Gasteiger partial charge in [0.1, 0.15) is 5.82 Å². The predicted octanol–water partition coefficient (Wildman–Crippen LogP) is 2.84. The van der Waals surface area contributed by atoms with Gasteiger partial charge in [0.15, 0.2) is 0 Å². The van der Waals surface area contributed by atoms with Gasteiger partial charge in [0.2, 0.25) is 5.91 Å². The van der Waals surface area contributed by atoms with Crippen LogP contribution in [-0.4, -0.2) is 12.5 Å². The minimum absolute atomic E-state index is 0.0371. The number of amides is 1. The van der Waals surface area contributed by atoms with E-state index in [4.69, 9.17) is 5.73 Å². The maximum absolute atomic E-state index is 13.1. The minimum atomic E-state index is -0.260. The van der Waals surface area contributed by atoms with Gasteiger partial charge in [-0.05, 0) is 56.0 Å². The Morgan fingerprint density at radius 1 is 1.44 bits per heavy atom. The minimum Gasteiger partial charge on any atom is -0.330 e. The Hall–Kier alpha value is -1.42. The molecule has 1 amide bonds. The molecule has 1 unspecified atom stereocenters. The molecule has 0 bridgehead atoms. The van der Waals surface area contributed by atoms with Crippen LogP contribution < -0.4 is 11.1 Å². The molecule has 1 aromatic rings. The van der Waals surface area contributed by atoms with Crippen molar-refractivity contribution in [2.24, 2.45) is 11.7 Å². The van der Waals surface area contributed by atoms with Gasteiger partial charge in [0, 0.05) is 12.1 Å². The number of benzene rings is 1. The first-order chi connectivity index (χ1) is 8.52. The number of hydrogen-bond acceptors (Lipinski definition) is 2. The van der Waals surface area contributed by atoms with Gasteiger partial charge in [-0.2, -0.15) is 0 Å². The average Bonchev–Trinajstić information content (AvgIpc) is 2.32. The number of rotatable bonds is 6. The number of halogens is 1. The van der Waals surface area contributed by atoms with Crippen LogP contribution in [-0.2, 0) is 4.79 Å². The highest BCUT2D eigenvalue weighted by molar-refractivity contribution is 5.90. The van der Waals surface area contributed by atoms with Gasteiger partial charge in [-0.1, -0.05) is 6.92 Å². The largest absolute Gasteiger partial charge is 0.330 e. The fraction of sp³-hybridized carbons (Fsp3) is 0.500. The van der Waals surface area contributed by atoms with Gasteiger partial charge in [0.25, 0.3) is 0 Å². The summed E-state index contributed by atoms with van der Waals surface area (Å²) in [4.78, 5) is 11.7. The van der Waals surface area contributed by atoms with Crippen molar-refractivity contribution in [1.82, 2.24) is 0 Å². The fourth-order valence-electron chi connectivity index (χ4n) is 1.75. The zero-order valence-electron chi connectivity index (χ0n) is 11.0. The predicted molar refractivity (Wildman–Crippen MR) is 71.8 cm³/mol. The van der Waals surface area contributed by atoms with Crippen molar-refractivity contribution < 1.29 is 9.18 Å². The first kappa shape index (κ1) is 14.6. The molecule has 4 heteroatoms. The van der Waals surface area contributed by atoms with Crippen LogP contribution in [0, 0.1) is 18.7 Å². The summed E-state index contributed by atoms with van der Waals surface area (Å²) in [6.07, 6.45) is 2.23. The van der Waals surface area contributed by atoms with E-state index >= 15 is 0 Å². The molecule has 0 heterocycles. The quantitative estimate of drug-likeness (QED) is 0.818. The zero-order chi connectivity index (χ0) is 13.5. The lowest BCUT2D eigenvalue weighted by atomic mass is 10.0. The summed E-state index contributed by atoms with van der Waals surface area (Å²) in [5, 5.41) is 2.77. The van der Waals surface area contributed by atoms with Gasteiger partial charge in [-0.25, -0.2) is 4.39 Å². The molecule has 100 valence electrons. The van der Waals surface area contributed by atoms with Crippen LogP contribution in [0.1, 0.15) is 31.7 Å². The van der Waals surface area contributed by atoms with E-state index in [0.29, 0.717) is 30.1 Å². The first-order valence-corrected chi connectivity index (χ1v) is 6.29. The van der Waals surface area contributed by atoms with E-state index in [1.165, 1.54) is 6.07 Å². The lowest BCUT2D eigenvalue weighted by molar-refractivity contribution is -0.116. The van der Waals surface area contributed by atoms with E-state index in [1.807, 2.05) is 0 Å². The summed E-state index contributed by atoms with van der Waals surface area (Å²) in [5.74, 6) is 0.158. The number of hydrogen-bond donors (Lipinski definition) is 2. The summed E-state index contributed by atoms with van der Waals surface area (Å²) >= 11 is 0. The lowest BCUT2D eigenvalue weighted by Crippen LogP contribution is -2.14. The molecule has 3 nitrogen and oxygen atoms in total. The normalized spacial score (nSPS) is 12.2. The second-order valence-corrected chi connectivity index (χ2v) is 4.73. The molecule has 0 aliphatic heterocycles. The maximum atomic E-state index is 13.1. The molecule has 0 aliphatic rings. The standard InChI is InChI=1S/C14H21FN2O/c1-10(7-8-16)3-6-14(18)17-12-4-5-13(15)11(2)9-12/h4-5,9-10H,3,6-8,16H2,1-2H3,(H,17,18). The highest BCUT2D eigenvalue weighted by atomic mass is 19.1. The molecule has 1 rings (SSSR count). The van der Waals surface area contributed by atoms with Gasteiger partial charge >= 0.3 is 0 Å². The molecule has 0 spiro atoms. The SMILES string of the molecule is Cc1cc(NC(=O)CCC(C)CCN)ccc1F. The molecule has 1 atom stereocenters. The number of nitrogens with one attached hydrogen (secondary N) is 1. The van der Waals surface area contributed by atoms with Crippen LogP contribution >= 0.6 is 0 Å². The third kappa shape index (κ3) is 4.84. The van der Waals surface area contributed by atoms with Crippen molar-refractivity contribution in [2.75, 3.05) is 11.9 Å². The Labute approximate surface area is 108 Å². The van der Waals surface area contributed by atoms with Crippen LogP contribution in [0.15, 0.2) is 18.2 Å². The van der Waals surface area contributed by atoms with Gasteiger partial charge in [0.05, 0.1) is 0 Å². The molecule has 18 heavy (non-hydrogen) atoms. The molecule has 3 N–H and O–H groups in total. The van der Waals surface area contributed by atoms with E-state index in [2.05, 4.69) is 12.2 Å². The summed E-state index contributed by atoms with van der Waals surface area (Å²) in [6.45, 7) is 4.41. The maximum Gasteiger partial charge on any atom is 0.224 e. The average molecular weight is 252 g/mol. The van der Waals surface area contributed by atoms with E-state index in [-0.39, 0.29) is 11.7 Å². The second-order valence-electron chi connectivity index (χ2n) is 4.73. The molecule has 0 fully saturated rings. The second kappa shape index (κ2) is 7.11. The van der Waals surface area contributed by atoms with Crippen molar-refractivity contribution in [1.29, 1.82) is 0 Å². The number of anilines is 1. The van der Waals surface area contributed by atoms with E-state index < -0.39 is 0 Å². The van der Waals surface area contributed by atoms with Crippen LogP contribution in [0.3, 0.4) is 0 Å². The summed E-state index contributed by atoms with van der Waals surface area (Å²) in [5.41, 5.74) is 6.63. The summed E-state index contributed by atoms with van der Waals surface area (Å²) in [7, 11) is 0. The Morgan fingerprint density at radius 3 is 2.78 bits per heavy atom. The topological polar surface area (TPSA) is 55.1 Å². The number of nitrogens with two attached hydrogens (primary N) is 1. The molecule has 0 radical (unpaired) electrons. The van der Waals surface area contributed by atoms with Crippen LogP contribution in [0.4, 0.5) is 10.1 Å². The van der Waals surface area contributed by atoms with E-state index in [0.717, 1.165) is 12.8 Å². The van der Waals surface area contributed by atoms with Crippen molar-refractivity contribution in [3.63, 3.8) is 0 Å². The smallest absolute Gasteiger partial charge is 0.224 e. The van der Waals surface area contributed by atoms with Gasteiger partial charge in [-0.15, -0.1) is 0 Å². The molecular formula is C14H21FN2O. The number of carbonyl (C=O) groups excluding carboxylic acids is 1. The third-order valence-corrected chi connectivity index (χ3v) is 2.97.